The summed E-state index contributed by atoms with van der Waals surface area (Å²) < 4.78 is 1.57. The van der Waals surface area contributed by atoms with E-state index >= 15 is 0 Å². The van der Waals surface area contributed by atoms with E-state index in [0.29, 0.717) is 5.56 Å². The highest BCUT2D eigenvalue weighted by molar-refractivity contribution is 14.1. The molecular weight excluding hydrogens is 427 g/mol. The van der Waals surface area contributed by atoms with E-state index in [1.807, 2.05) is 12.1 Å². The van der Waals surface area contributed by atoms with Crippen molar-refractivity contribution in [2.45, 2.75) is 18.6 Å². The van der Waals surface area contributed by atoms with Crippen LogP contribution in [0.3, 0.4) is 0 Å². The molecule has 3 N–H and O–H groups in total. The van der Waals surface area contributed by atoms with Crippen molar-refractivity contribution in [1.82, 2.24) is 4.90 Å². The molecule has 0 saturated carbocycles. The Kier molecular flexibility index (Phi) is 4.46. The number of amides is 2. The fraction of sp³-hybridized carbons (Fsp3) is 0.333. The van der Waals surface area contributed by atoms with E-state index in [2.05, 4.69) is 38.5 Å². The van der Waals surface area contributed by atoms with Crippen LogP contribution in [0.2, 0.25) is 0 Å². The first-order chi connectivity index (χ1) is 8.90. The number of carbonyl (C=O) groups is 2. The van der Waals surface area contributed by atoms with Crippen LogP contribution in [0.5, 0.6) is 0 Å². The van der Waals surface area contributed by atoms with Crippen LogP contribution in [0.1, 0.15) is 16.8 Å². The fourth-order valence-electron chi connectivity index (χ4n) is 2.12. The van der Waals surface area contributed by atoms with Crippen LogP contribution in [0.15, 0.2) is 22.7 Å². The van der Waals surface area contributed by atoms with Crippen molar-refractivity contribution in [3.63, 3.8) is 0 Å². The van der Waals surface area contributed by atoms with Crippen LogP contribution < -0.4 is 5.73 Å². The summed E-state index contributed by atoms with van der Waals surface area (Å²) in [5.74, 6) is -0.874. The number of nitrogens with zero attached hydrogens (tertiary/aromatic N) is 1. The van der Waals surface area contributed by atoms with E-state index in [1.54, 1.807) is 6.07 Å². The maximum absolute atomic E-state index is 12.5. The third-order valence-corrected chi connectivity index (χ3v) is 4.46. The number of nitrogens with two attached hydrogens (primary N) is 1. The number of primary amides is 1. The lowest BCUT2D eigenvalue weighted by Crippen LogP contribution is -2.44. The van der Waals surface area contributed by atoms with Crippen LogP contribution in [0.4, 0.5) is 0 Å². The summed E-state index contributed by atoms with van der Waals surface area (Å²) in [7, 11) is 0. The van der Waals surface area contributed by atoms with E-state index in [9.17, 15) is 14.7 Å². The van der Waals surface area contributed by atoms with E-state index in [1.165, 1.54) is 4.90 Å². The monoisotopic (exact) mass is 438 g/mol. The minimum absolute atomic E-state index is 0.134. The first-order valence-corrected chi connectivity index (χ1v) is 7.50. The van der Waals surface area contributed by atoms with Crippen LogP contribution >= 0.6 is 38.5 Å². The molecule has 1 aromatic rings. The second-order valence-electron chi connectivity index (χ2n) is 4.39. The summed E-state index contributed by atoms with van der Waals surface area (Å²) >= 11 is 5.38. The normalized spacial score (nSPS) is 22.6. The zero-order chi connectivity index (χ0) is 14.2. The molecule has 0 radical (unpaired) electrons. The van der Waals surface area contributed by atoms with Crippen molar-refractivity contribution in [3.05, 3.63) is 31.8 Å². The van der Waals surface area contributed by atoms with E-state index in [0.717, 1.165) is 8.04 Å². The quantitative estimate of drug-likeness (QED) is 0.678. The standard InChI is InChI=1S/C12H12BrIN2O3/c13-6-1-2-9(14)8(3-6)12(19)16-5-7(17)4-10(16)11(15)18/h1-3,7,10,17H,4-5H2,(H2,15,18). The molecule has 2 atom stereocenters. The molecule has 0 aromatic heterocycles. The third kappa shape index (κ3) is 3.09. The SMILES string of the molecule is NC(=O)C1CC(O)CN1C(=O)c1cc(Br)ccc1I. The van der Waals surface area contributed by atoms with Gasteiger partial charge < -0.3 is 15.7 Å². The zero-order valence-electron chi connectivity index (χ0n) is 9.85. The molecule has 0 bridgehead atoms. The van der Waals surface area contributed by atoms with Crippen molar-refractivity contribution in [1.29, 1.82) is 0 Å². The highest BCUT2D eigenvalue weighted by Crippen LogP contribution is 2.24. The summed E-state index contributed by atoms with van der Waals surface area (Å²) in [5, 5.41) is 9.63. The largest absolute Gasteiger partial charge is 0.391 e. The molecule has 2 rings (SSSR count). The lowest BCUT2D eigenvalue weighted by atomic mass is 10.1. The molecule has 1 heterocycles. The van der Waals surface area contributed by atoms with Crippen LogP contribution in [0, 0.1) is 3.57 Å². The maximum atomic E-state index is 12.5. The van der Waals surface area contributed by atoms with E-state index in [4.69, 9.17) is 5.73 Å². The molecule has 1 aliphatic rings. The Morgan fingerprint density at radius 3 is 2.79 bits per heavy atom. The molecule has 2 unspecified atom stereocenters. The van der Waals surface area contributed by atoms with E-state index < -0.39 is 18.1 Å². The molecule has 1 saturated heterocycles. The number of halogens is 2. The van der Waals surface area contributed by atoms with Gasteiger partial charge in [0.25, 0.3) is 5.91 Å². The van der Waals surface area contributed by atoms with Gasteiger partial charge in [0.2, 0.25) is 5.91 Å². The number of hydrogen-bond donors (Lipinski definition) is 2. The van der Waals surface area contributed by atoms with Gasteiger partial charge in [-0.05, 0) is 40.8 Å². The number of rotatable bonds is 2. The van der Waals surface area contributed by atoms with Gasteiger partial charge in [-0.1, -0.05) is 15.9 Å². The Bertz CT molecular complexity index is 538. The second kappa shape index (κ2) is 5.76. The maximum Gasteiger partial charge on any atom is 0.255 e. The number of aliphatic hydroxyl groups is 1. The predicted molar refractivity (Wildman–Crippen MR) is 81.5 cm³/mol. The Hall–Kier alpha value is -0.670. The topological polar surface area (TPSA) is 83.6 Å². The van der Waals surface area contributed by atoms with Crippen molar-refractivity contribution >= 4 is 50.3 Å². The molecule has 0 aliphatic carbocycles. The van der Waals surface area contributed by atoms with Gasteiger partial charge >= 0.3 is 0 Å². The number of benzene rings is 1. The van der Waals surface area contributed by atoms with Gasteiger partial charge in [-0.2, -0.15) is 0 Å². The lowest BCUT2D eigenvalue weighted by molar-refractivity contribution is -0.121. The molecule has 1 fully saturated rings. The minimum atomic E-state index is -0.739. The first-order valence-electron chi connectivity index (χ1n) is 5.63. The molecule has 5 nitrogen and oxygen atoms in total. The van der Waals surface area contributed by atoms with Crippen molar-refractivity contribution in [3.8, 4) is 0 Å². The molecule has 7 heteroatoms. The molecular formula is C12H12BrIN2O3. The summed E-state index contributed by atoms with van der Waals surface area (Å²) in [6.07, 6.45) is -0.502. The van der Waals surface area contributed by atoms with Crippen LogP contribution in [-0.2, 0) is 4.79 Å². The fourth-order valence-corrected chi connectivity index (χ4v) is 3.05. The molecule has 0 spiro atoms. The highest BCUT2D eigenvalue weighted by Gasteiger charge is 2.38. The number of aliphatic hydroxyl groups excluding tert-OH is 1. The molecule has 1 aliphatic heterocycles. The number of hydrogen-bond acceptors (Lipinski definition) is 3. The number of carbonyl (C=O) groups excluding carboxylic acids is 2. The average molecular weight is 439 g/mol. The first kappa shape index (κ1) is 14.7. The Balaban J connectivity index is 2.33. The Morgan fingerprint density at radius 2 is 2.16 bits per heavy atom. The number of likely N-dealkylation sites (tertiary alicyclic amines) is 1. The van der Waals surface area contributed by atoms with Gasteiger partial charge in [-0.3, -0.25) is 9.59 Å². The average Bonchev–Trinajstić information content (AvgIpc) is 2.74. The summed E-state index contributed by atoms with van der Waals surface area (Å²) in [6.45, 7) is 0.134. The zero-order valence-corrected chi connectivity index (χ0v) is 13.6. The highest BCUT2D eigenvalue weighted by atomic mass is 127. The summed E-state index contributed by atoms with van der Waals surface area (Å²) in [6, 6.07) is 4.61. The summed E-state index contributed by atoms with van der Waals surface area (Å²) in [4.78, 5) is 25.2. The second-order valence-corrected chi connectivity index (χ2v) is 6.47. The molecule has 1 aromatic carbocycles. The third-order valence-electron chi connectivity index (χ3n) is 3.03. The van der Waals surface area contributed by atoms with Crippen LogP contribution in [-0.4, -0.2) is 40.5 Å². The Morgan fingerprint density at radius 1 is 1.47 bits per heavy atom. The molecule has 19 heavy (non-hydrogen) atoms. The van der Waals surface area contributed by atoms with Gasteiger partial charge in [0.1, 0.15) is 6.04 Å². The minimum Gasteiger partial charge on any atom is -0.391 e. The number of β-amino-alcohol motifs (C(OH)–C–C–N with tert-alkyl or cyclic N) is 1. The predicted octanol–water partition coefficient (Wildman–Crippen LogP) is 1.11. The van der Waals surface area contributed by atoms with Gasteiger partial charge in [0, 0.05) is 21.0 Å². The van der Waals surface area contributed by atoms with Gasteiger partial charge in [0.15, 0.2) is 0 Å². The molecule has 102 valence electrons. The Labute approximate surface area is 132 Å². The van der Waals surface area contributed by atoms with Gasteiger partial charge in [0.05, 0.1) is 11.7 Å². The van der Waals surface area contributed by atoms with Crippen molar-refractivity contribution in [2.24, 2.45) is 5.73 Å². The lowest BCUT2D eigenvalue weighted by Gasteiger charge is -2.22. The van der Waals surface area contributed by atoms with Gasteiger partial charge in [-0.25, -0.2) is 0 Å². The van der Waals surface area contributed by atoms with Crippen molar-refractivity contribution < 1.29 is 14.7 Å². The molecule has 2 amide bonds. The summed E-state index contributed by atoms with van der Waals surface area (Å²) in [5.41, 5.74) is 5.77. The van der Waals surface area contributed by atoms with Gasteiger partial charge in [-0.15, -0.1) is 0 Å². The van der Waals surface area contributed by atoms with E-state index in [-0.39, 0.29) is 18.9 Å². The smallest absolute Gasteiger partial charge is 0.255 e. The van der Waals surface area contributed by atoms with Crippen LogP contribution in [0.25, 0.3) is 0 Å². The van der Waals surface area contributed by atoms with Crippen molar-refractivity contribution in [2.75, 3.05) is 6.54 Å².